The van der Waals surface area contributed by atoms with E-state index in [4.69, 9.17) is 0 Å². The van der Waals surface area contributed by atoms with Crippen molar-refractivity contribution in [2.75, 3.05) is 33.2 Å². The summed E-state index contributed by atoms with van der Waals surface area (Å²) >= 11 is 0. The fourth-order valence-corrected chi connectivity index (χ4v) is 2.93. The Labute approximate surface area is 173 Å². The van der Waals surface area contributed by atoms with Crippen LogP contribution in [-0.2, 0) is 11.3 Å². The van der Waals surface area contributed by atoms with Crippen molar-refractivity contribution in [1.29, 1.82) is 0 Å². The molecule has 2 rings (SSSR count). The number of benzene rings is 1. The zero-order valence-corrected chi connectivity index (χ0v) is 18.0. The molecule has 1 aromatic rings. The standard InChI is InChI=1S/C21H33N5O3/c1-15(18(27)24-21(2,3)4)23-20(29)22-14-16-6-8-17(9-7-16)19(28)26-12-10-25(5)11-13-26/h6-9,15H,10-14H2,1-5H3,(H,24,27)(H2,22,23,29)/t15-/m0/s1. The van der Waals surface area contributed by atoms with Crippen LogP contribution in [0.1, 0.15) is 43.6 Å². The van der Waals surface area contributed by atoms with Crippen molar-refractivity contribution in [1.82, 2.24) is 25.8 Å². The summed E-state index contributed by atoms with van der Waals surface area (Å²) in [5.74, 6) is -0.201. The normalized spacial score (nSPS) is 16.1. The Kier molecular flexibility index (Phi) is 7.61. The number of amides is 4. The molecule has 0 saturated carbocycles. The van der Waals surface area contributed by atoms with Gasteiger partial charge in [-0.15, -0.1) is 0 Å². The van der Waals surface area contributed by atoms with Gasteiger partial charge in [0.1, 0.15) is 6.04 Å². The van der Waals surface area contributed by atoms with E-state index in [2.05, 4.69) is 27.9 Å². The van der Waals surface area contributed by atoms with E-state index in [1.165, 1.54) is 0 Å². The summed E-state index contributed by atoms with van der Waals surface area (Å²) in [6.07, 6.45) is 0. The van der Waals surface area contributed by atoms with Crippen molar-refractivity contribution in [2.24, 2.45) is 0 Å². The number of carbonyl (C=O) groups is 3. The van der Waals surface area contributed by atoms with Gasteiger partial charge >= 0.3 is 6.03 Å². The van der Waals surface area contributed by atoms with Crippen molar-refractivity contribution in [2.45, 2.75) is 45.8 Å². The summed E-state index contributed by atoms with van der Waals surface area (Å²) in [6, 6.07) is 6.18. The van der Waals surface area contributed by atoms with E-state index in [0.29, 0.717) is 12.1 Å². The van der Waals surface area contributed by atoms with Gasteiger partial charge in [-0.3, -0.25) is 9.59 Å². The Morgan fingerprint density at radius 3 is 2.17 bits per heavy atom. The molecule has 3 N–H and O–H groups in total. The Hall–Kier alpha value is -2.61. The third-order valence-electron chi connectivity index (χ3n) is 4.68. The van der Waals surface area contributed by atoms with Crippen LogP contribution in [0.4, 0.5) is 4.79 Å². The Balaban J connectivity index is 1.80. The molecular formula is C21H33N5O3. The second-order valence-corrected chi connectivity index (χ2v) is 8.58. The van der Waals surface area contributed by atoms with Crippen LogP contribution < -0.4 is 16.0 Å². The lowest BCUT2D eigenvalue weighted by molar-refractivity contribution is -0.123. The van der Waals surface area contributed by atoms with Gasteiger partial charge in [-0.25, -0.2) is 4.79 Å². The summed E-state index contributed by atoms with van der Waals surface area (Å²) in [5.41, 5.74) is 1.17. The first-order chi connectivity index (χ1) is 13.5. The van der Waals surface area contributed by atoms with Crippen LogP contribution in [0.25, 0.3) is 0 Å². The minimum Gasteiger partial charge on any atom is -0.350 e. The molecule has 0 bridgehead atoms. The van der Waals surface area contributed by atoms with E-state index in [9.17, 15) is 14.4 Å². The van der Waals surface area contributed by atoms with Gasteiger partial charge in [0.25, 0.3) is 5.91 Å². The highest BCUT2D eigenvalue weighted by Gasteiger charge is 2.21. The zero-order chi connectivity index (χ0) is 21.6. The molecule has 0 spiro atoms. The van der Waals surface area contributed by atoms with E-state index in [0.717, 1.165) is 31.7 Å². The second kappa shape index (κ2) is 9.73. The Morgan fingerprint density at radius 1 is 1.03 bits per heavy atom. The third kappa shape index (κ3) is 7.38. The van der Waals surface area contributed by atoms with E-state index >= 15 is 0 Å². The summed E-state index contributed by atoms with van der Waals surface area (Å²) in [5, 5.41) is 8.18. The molecule has 1 atom stereocenters. The van der Waals surface area contributed by atoms with Crippen LogP contribution in [0.2, 0.25) is 0 Å². The summed E-state index contributed by atoms with van der Waals surface area (Å²) in [4.78, 5) is 40.7. The summed E-state index contributed by atoms with van der Waals surface area (Å²) in [6.45, 7) is 10.8. The molecule has 1 fully saturated rings. The van der Waals surface area contributed by atoms with Crippen LogP contribution in [0.15, 0.2) is 24.3 Å². The third-order valence-corrected chi connectivity index (χ3v) is 4.68. The van der Waals surface area contributed by atoms with Crippen molar-refractivity contribution in [3.8, 4) is 0 Å². The number of carbonyl (C=O) groups excluding carboxylic acids is 3. The molecule has 0 aromatic heterocycles. The zero-order valence-electron chi connectivity index (χ0n) is 18.0. The van der Waals surface area contributed by atoms with Crippen LogP contribution in [0.3, 0.4) is 0 Å². The van der Waals surface area contributed by atoms with Gasteiger partial charge in [0, 0.05) is 43.8 Å². The number of rotatable bonds is 5. The molecular weight excluding hydrogens is 370 g/mol. The van der Waals surface area contributed by atoms with Crippen LogP contribution in [0.5, 0.6) is 0 Å². The molecule has 1 aliphatic rings. The minimum atomic E-state index is -0.641. The van der Waals surface area contributed by atoms with Crippen molar-refractivity contribution in [3.05, 3.63) is 35.4 Å². The Bertz CT molecular complexity index is 719. The summed E-state index contributed by atoms with van der Waals surface area (Å²) < 4.78 is 0. The number of hydrogen-bond acceptors (Lipinski definition) is 4. The molecule has 29 heavy (non-hydrogen) atoms. The lowest BCUT2D eigenvalue weighted by atomic mass is 10.1. The predicted octanol–water partition coefficient (Wildman–Crippen LogP) is 1.18. The quantitative estimate of drug-likeness (QED) is 0.688. The van der Waals surface area contributed by atoms with Gasteiger partial charge in [-0.05, 0) is 52.4 Å². The van der Waals surface area contributed by atoms with Crippen molar-refractivity contribution in [3.63, 3.8) is 0 Å². The molecule has 0 unspecified atom stereocenters. The van der Waals surface area contributed by atoms with Gasteiger partial charge in [-0.1, -0.05) is 12.1 Å². The monoisotopic (exact) mass is 403 g/mol. The topological polar surface area (TPSA) is 93.8 Å². The van der Waals surface area contributed by atoms with Gasteiger partial charge in [0.05, 0.1) is 0 Å². The maximum atomic E-state index is 12.6. The van der Waals surface area contributed by atoms with E-state index in [1.54, 1.807) is 19.1 Å². The van der Waals surface area contributed by atoms with E-state index < -0.39 is 12.1 Å². The fourth-order valence-electron chi connectivity index (χ4n) is 2.93. The molecule has 4 amide bonds. The molecule has 1 aliphatic heterocycles. The Morgan fingerprint density at radius 2 is 1.62 bits per heavy atom. The molecule has 1 heterocycles. The number of hydrogen-bond donors (Lipinski definition) is 3. The minimum absolute atomic E-state index is 0.0361. The highest BCUT2D eigenvalue weighted by atomic mass is 16.2. The van der Waals surface area contributed by atoms with E-state index in [-0.39, 0.29) is 17.4 Å². The van der Waals surface area contributed by atoms with Crippen LogP contribution in [0, 0.1) is 0 Å². The highest BCUT2D eigenvalue weighted by molar-refractivity contribution is 5.94. The number of likely N-dealkylation sites (N-methyl/N-ethyl adjacent to an activating group) is 1. The molecule has 1 aromatic carbocycles. The number of urea groups is 1. The molecule has 160 valence electrons. The molecule has 0 radical (unpaired) electrons. The van der Waals surface area contributed by atoms with E-state index in [1.807, 2.05) is 37.8 Å². The van der Waals surface area contributed by atoms with Gasteiger partial charge in [0.15, 0.2) is 0 Å². The lowest BCUT2D eigenvalue weighted by Crippen LogP contribution is -2.52. The number of piperazine rings is 1. The number of nitrogens with zero attached hydrogens (tertiary/aromatic N) is 2. The lowest BCUT2D eigenvalue weighted by Gasteiger charge is -2.32. The SMILES string of the molecule is C[C@H](NC(=O)NCc1ccc(C(=O)N2CCN(C)CC2)cc1)C(=O)NC(C)(C)C. The van der Waals surface area contributed by atoms with Gasteiger partial charge < -0.3 is 25.8 Å². The van der Waals surface area contributed by atoms with Crippen LogP contribution in [-0.4, -0.2) is 72.5 Å². The number of nitrogens with one attached hydrogen (secondary N) is 3. The first kappa shape index (κ1) is 22.7. The maximum Gasteiger partial charge on any atom is 0.315 e. The molecule has 8 nitrogen and oxygen atoms in total. The average Bonchev–Trinajstić information content (AvgIpc) is 2.65. The van der Waals surface area contributed by atoms with Crippen molar-refractivity contribution < 1.29 is 14.4 Å². The van der Waals surface area contributed by atoms with Crippen LogP contribution >= 0.6 is 0 Å². The maximum absolute atomic E-state index is 12.6. The predicted molar refractivity (Wildman–Crippen MR) is 113 cm³/mol. The highest BCUT2D eigenvalue weighted by Crippen LogP contribution is 2.10. The average molecular weight is 404 g/mol. The second-order valence-electron chi connectivity index (χ2n) is 8.58. The van der Waals surface area contributed by atoms with Gasteiger partial charge in [0.2, 0.25) is 5.91 Å². The largest absolute Gasteiger partial charge is 0.350 e. The molecule has 8 heteroatoms. The first-order valence-electron chi connectivity index (χ1n) is 9.98. The summed E-state index contributed by atoms with van der Waals surface area (Å²) in [7, 11) is 2.05. The first-order valence-corrected chi connectivity index (χ1v) is 9.98. The molecule has 1 saturated heterocycles. The molecule has 0 aliphatic carbocycles. The van der Waals surface area contributed by atoms with Crippen molar-refractivity contribution >= 4 is 17.8 Å². The smallest absolute Gasteiger partial charge is 0.315 e. The fraction of sp³-hybridized carbons (Fsp3) is 0.571. The van der Waals surface area contributed by atoms with Gasteiger partial charge in [-0.2, -0.15) is 0 Å².